The highest BCUT2D eigenvalue weighted by Crippen LogP contribution is 2.19. The van der Waals surface area contributed by atoms with E-state index in [0.717, 1.165) is 15.7 Å². The topological polar surface area (TPSA) is 94.7 Å². The number of amides is 1. The zero-order chi connectivity index (χ0) is 18.0. The average molecular weight is 403 g/mol. The number of aryl methyl sites for hydroxylation is 2. The molecule has 0 spiro atoms. The zero-order valence-electron chi connectivity index (χ0n) is 13.6. The van der Waals surface area contributed by atoms with Crippen molar-refractivity contribution in [3.05, 3.63) is 62.7 Å². The molecule has 0 atom stereocenters. The standard InChI is InChI=1S/C16H15BrN6O2/c1-10-3-5-13(7-14(10)23-11(2)19-20-21-23)18-15(24)9-22-8-12(17)4-6-16(22)25/h3-8H,9H2,1-2H3,(H,18,24). The SMILES string of the molecule is Cc1ccc(NC(=O)Cn2cc(Br)ccc2=O)cc1-n1nnnc1C. The van der Waals surface area contributed by atoms with Gasteiger partial charge in [-0.1, -0.05) is 6.07 Å². The van der Waals surface area contributed by atoms with E-state index in [1.165, 1.54) is 10.6 Å². The Hall–Kier alpha value is -2.81. The maximum absolute atomic E-state index is 12.3. The number of anilines is 1. The summed E-state index contributed by atoms with van der Waals surface area (Å²) in [5.74, 6) is 0.343. The molecule has 0 aliphatic carbocycles. The first-order valence-corrected chi connectivity index (χ1v) is 8.25. The molecule has 0 aliphatic rings. The molecule has 0 fully saturated rings. The Morgan fingerprint density at radius 1 is 1.24 bits per heavy atom. The number of tetrazole rings is 1. The number of nitrogens with zero attached hydrogens (tertiary/aromatic N) is 5. The average Bonchev–Trinajstić information content (AvgIpc) is 2.98. The van der Waals surface area contributed by atoms with Crippen molar-refractivity contribution in [2.75, 3.05) is 5.32 Å². The first-order valence-electron chi connectivity index (χ1n) is 7.46. The van der Waals surface area contributed by atoms with E-state index in [-0.39, 0.29) is 18.0 Å². The van der Waals surface area contributed by atoms with Gasteiger partial charge in [0.05, 0.1) is 5.69 Å². The highest BCUT2D eigenvalue weighted by molar-refractivity contribution is 9.10. The van der Waals surface area contributed by atoms with E-state index in [9.17, 15) is 9.59 Å². The molecule has 1 aromatic carbocycles. The third-order valence-corrected chi connectivity index (χ3v) is 4.08. The predicted octanol–water partition coefficient (Wildman–Crippen LogP) is 1.84. The van der Waals surface area contributed by atoms with Gasteiger partial charge < -0.3 is 9.88 Å². The van der Waals surface area contributed by atoms with E-state index in [1.54, 1.807) is 36.0 Å². The summed E-state index contributed by atoms with van der Waals surface area (Å²) >= 11 is 3.29. The molecule has 2 aromatic heterocycles. The van der Waals surface area contributed by atoms with E-state index in [1.807, 2.05) is 13.0 Å². The molecule has 3 aromatic rings. The fourth-order valence-corrected chi connectivity index (χ4v) is 2.73. The highest BCUT2D eigenvalue weighted by atomic mass is 79.9. The summed E-state index contributed by atoms with van der Waals surface area (Å²) < 4.78 is 3.66. The Kier molecular flexibility index (Phi) is 4.75. The second-order valence-corrected chi connectivity index (χ2v) is 6.42. The summed E-state index contributed by atoms with van der Waals surface area (Å²) in [5, 5.41) is 14.2. The van der Waals surface area contributed by atoms with Gasteiger partial charge in [0.15, 0.2) is 5.82 Å². The first-order chi connectivity index (χ1) is 11.9. The maximum atomic E-state index is 12.3. The van der Waals surface area contributed by atoms with Gasteiger partial charge in [-0.3, -0.25) is 9.59 Å². The van der Waals surface area contributed by atoms with Gasteiger partial charge in [-0.15, -0.1) is 5.10 Å². The molecule has 0 radical (unpaired) electrons. The van der Waals surface area contributed by atoms with Crippen molar-refractivity contribution in [3.63, 3.8) is 0 Å². The Morgan fingerprint density at radius 3 is 2.76 bits per heavy atom. The van der Waals surface area contributed by atoms with Crippen molar-refractivity contribution in [3.8, 4) is 5.69 Å². The predicted molar refractivity (Wildman–Crippen MR) is 95.7 cm³/mol. The Balaban J connectivity index is 1.81. The van der Waals surface area contributed by atoms with Crippen molar-refractivity contribution in [2.45, 2.75) is 20.4 Å². The van der Waals surface area contributed by atoms with Crippen LogP contribution in [0.3, 0.4) is 0 Å². The summed E-state index contributed by atoms with van der Waals surface area (Å²) in [6.45, 7) is 3.65. The molecule has 0 bridgehead atoms. The first kappa shape index (κ1) is 17.0. The van der Waals surface area contributed by atoms with Crippen molar-refractivity contribution in [1.82, 2.24) is 24.8 Å². The molecule has 128 valence electrons. The molecular formula is C16H15BrN6O2. The number of aromatic nitrogens is 5. The summed E-state index contributed by atoms with van der Waals surface area (Å²) in [6.07, 6.45) is 1.58. The number of nitrogens with one attached hydrogen (secondary N) is 1. The van der Waals surface area contributed by atoms with Gasteiger partial charge in [0.1, 0.15) is 6.54 Å². The fourth-order valence-electron chi connectivity index (χ4n) is 2.35. The largest absolute Gasteiger partial charge is 0.324 e. The van der Waals surface area contributed by atoms with Crippen LogP contribution < -0.4 is 10.9 Å². The molecule has 25 heavy (non-hydrogen) atoms. The fraction of sp³-hybridized carbons (Fsp3) is 0.188. The lowest BCUT2D eigenvalue weighted by Crippen LogP contribution is -2.26. The third kappa shape index (κ3) is 3.82. The van der Waals surface area contributed by atoms with Crippen LogP contribution in [0, 0.1) is 13.8 Å². The zero-order valence-corrected chi connectivity index (χ0v) is 15.2. The van der Waals surface area contributed by atoms with Crippen LogP contribution in [0.15, 0.2) is 45.8 Å². The number of carbonyl (C=O) groups is 1. The lowest BCUT2D eigenvalue weighted by atomic mass is 10.2. The van der Waals surface area contributed by atoms with E-state index in [0.29, 0.717) is 11.5 Å². The third-order valence-electron chi connectivity index (χ3n) is 3.61. The van der Waals surface area contributed by atoms with Crippen molar-refractivity contribution < 1.29 is 4.79 Å². The minimum atomic E-state index is -0.302. The molecular weight excluding hydrogens is 388 g/mol. The summed E-state index contributed by atoms with van der Waals surface area (Å²) in [4.78, 5) is 24.0. The monoisotopic (exact) mass is 402 g/mol. The number of rotatable bonds is 4. The molecule has 0 aliphatic heterocycles. The van der Waals surface area contributed by atoms with Crippen LogP contribution in [-0.2, 0) is 11.3 Å². The molecule has 0 unspecified atom stereocenters. The molecule has 9 heteroatoms. The molecule has 3 rings (SSSR count). The summed E-state index contributed by atoms with van der Waals surface area (Å²) in [7, 11) is 0. The lowest BCUT2D eigenvalue weighted by Gasteiger charge is -2.11. The number of carbonyl (C=O) groups excluding carboxylic acids is 1. The summed E-state index contributed by atoms with van der Waals surface area (Å²) in [6, 6.07) is 8.50. The van der Waals surface area contributed by atoms with E-state index >= 15 is 0 Å². The smallest absolute Gasteiger partial charge is 0.251 e. The van der Waals surface area contributed by atoms with Crippen LogP contribution in [0.25, 0.3) is 5.69 Å². The second-order valence-electron chi connectivity index (χ2n) is 5.50. The molecule has 8 nitrogen and oxygen atoms in total. The van der Waals surface area contributed by atoms with Crippen LogP contribution in [0.2, 0.25) is 0 Å². The van der Waals surface area contributed by atoms with Gasteiger partial charge in [0, 0.05) is 22.4 Å². The van der Waals surface area contributed by atoms with Crippen LogP contribution in [0.4, 0.5) is 5.69 Å². The van der Waals surface area contributed by atoms with E-state index < -0.39 is 0 Å². The number of benzene rings is 1. The Morgan fingerprint density at radius 2 is 2.04 bits per heavy atom. The van der Waals surface area contributed by atoms with E-state index in [4.69, 9.17) is 0 Å². The van der Waals surface area contributed by atoms with Gasteiger partial charge in [0.2, 0.25) is 5.91 Å². The minimum absolute atomic E-state index is 0.0780. The van der Waals surface area contributed by atoms with Crippen molar-refractivity contribution >= 4 is 27.5 Å². The van der Waals surface area contributed by atoms with Crippen LogP contribution in [0.5, 0.6) is 0 Å². The lowest BCUT2D eigenvalue weighted by molar-refractivity contribution is -0.116. The van der Waals surface area contributed by atoms with Crippen molar-refractivity contribution in [2.24, 2.45) is 0 Å². The van der Waals surface area contributed by atoms with Gasteiger partial charge in [-0.2, -0.15) is 4.68 Å². The highest BCUT2D eigenvalue weighted by Gasteiger charge is 2.10. The van der Waals surface area contributed by atoms with Gasteiger partial charge in [0.25, 0.3) is 5.56 Å². The normalized spacial score (nSPS) is 10.7. The molecule has 0 saturated heterocycles. The van der Waals surface area contributed by atoms with Gasteiger partial charge >= 0.3 is 0 Å². The van der Waals surface area contributed by atoms with Crippen LogP contribution in [0.1, 0.15) is 11.4 Å². The van der Waals surface area contributed by atoms with E-state index in [2.05, 4.69) is 36.8 Å². The number of halogens is 1. The second kappa shape index (κ2) is 6.98. The van der Waals surface area contributed by atoms with Gasteiger partial charge in [-0.05, 0) is 64.0 Å². The van der Waals surface area contributed by atoms with Gasteiger partial charge in [-0.25, -0.2) is 0 Å². The van der Waals surface area contributed by atoms with Crippen LogP contribution >= 0.6 is 15.9 Å². The van der Waals surface area contributed by atoms with Crippen LogP contribution in [-0.4, -0.2) is 30.7 Å². The molecule has 1 amide bonds. The number of hydrogen-bond donors (Lipinski definition) is 1. The molecule has 1 N–H and O–H groups in total. The summed E-state index contributed by atoms with van der Waals surface area (Å²) in [5.41, 5.74) is 2.10. The minimum Gasteiger partial charge on any atom is -0.324 e. The number of pyridine rings is 1. The number of hydrogen-bond acceptors (Lipinski definition) is 5. The van der Waals surface area contributed by atoms with Crippen molar-refractivity contribution in [1.29, 1.82) is 0 Å². The Labute approximate surface area is 151 Å². The molecule has 0 saturated carbocycles. The quantitative estimate of drug-likeness (QED) is 0.718. The molecule has 2 heterocycles. The Bertz CT molecular complexity index is 994. The maximum Gasteiger partial charge on any atom is 0.251 e.